The molecule has 1 aromatic rings. The number of benzene rings is 1. The lowest BCUT2D eigenvalue weighted by atomic mass is 9.89. The molecule has 0 bridgehead atoms. The largest absolute Gasteiger partial charge is 0.379 e. The highest BCUT2D eigenvalue weighted by Crippen LogP contribution is 2.33. The van der Waals surface area contributed by atoms with Gasteiger partial charge >= 0.3 is 0 Å². The van der Waals surface area contributed by atoms with Crippen LogP contribution in [0.5, 0.6) is 0 Å². The van der Waals surface area contributed by atoms with Crippen LogP contribution in [0.25, 0.3) is 0 Å². The first-order chi connectivity index (χ1) is 14.7. The summed E-state index contributed by atoms with van der Waals surface area (Å²) in [5, 5.41) is 7.03. The van der Waals surface area contributed by atoms with Gasteiger partial charge in [-0.1, -0.05) is 44.2 Å². The standard InChI is InChI=1S/C24H40N4O2/c1-4-25-24(27-18-22(19(2)3)28-12-15-29-16-13-28)26-17-21-11-8-14-30-23(21)20-9-6-5-7-10-20/h5-7,9-10,19,21-23H,4,8,11-18H2,1-3H3,(H2,25,26,27). The maximum Gasteiger partial charge on any atom is 0.191 e. The maximum atomic E-state index is 6.16. The van der Waals surface area contributed by atoms with Gasteiger partial charge in [-0.15, -0.1) is 0 Å². The van der Waals surface area contributed by atoms with Crippen molar-refractivity contribution < 1.29 is 9.47 Å². The topological polar surface area (TPSA) is 58.1 Å². The summed E-state index contributed by atoms with van der Waals surface area (Å²) in [7, 11) is 0. The minimum atomic E-state index is 0.159. The van der Waals surface area contributed by atoms with Crippen molar-refractivity contribution in [2.45, 2.75) is 45.8 Å². The number of aliphatic imine (C=N–C) groups is 1. The Morgan fingerprint density at radius 3 is 2.60 bits per heavy atom. The third-order valence-electron chi connectivity index (χ3n) is 6.17. The fourth-order valence-corrected chi connectivity index (χ4v) is 4.47. The Bertz CT molecular complexity index is 631. The molecule has 0 aromatic heterocycles. The molecular formula is C24H40N4O2. The van der Waals surface area contributed by atoms with E-state index in [0.717, 1.165) is 64.9 Å². The van der Waals surface area contributed by atoms with Crippen LogP contribution in [0.3, 0.4) is 0 Å². The van der Waals surface area contributed by atoms with Gasteiger partial charge in [-0.25, -0.2) is 0 Å². The second-order valence-electron chi connectivity index (χ2n) is 8.66. The van der Waals surface area contributed by atoms with Crippen LogP contribution in [0.4, 0.5) is 0 Å². The van der Waals surface area contributed by atoms with Crippen molar-refractivity contribution >= 4 is 5.96 Å². The first kappa shape index (κ1) is 23.0. The van der Waals surface area contributed by atoms with Crippen LogP contribution >= 0.6 is 0 Å². The van der Waals surface area contributed by atoms with Gasteiger partial charge in [-0.3, -0.25) is 9.89 Å². The molecule has 6 nitrogen and oxygen atoms in total. The smallest absolute Gasteiger partial charge is 0.191 e. The molecule has 2 heterocycles. The number of morpholine rings is 1. The lowest BCUT2D eigenvalue weighted by Crippen LogP contribution is -2.48. The molecule has 2 aliphatic heterocycles. The summed E-state index contributed by atoms with van der Waals surface area (Å²) in [5.74, 6) is 1.92. The zero-order chi connectivity index (χ0) is 21.2. The van der Waals surface area contributed by atoms with Crippen LogP contribution in [-0.4, -0.2) is 69.4 Å². The van der Waals surface area contributed by atoms with Crippen molar-refractivity contribution in [2.24, 2.45) is 16.8 Å². The molecule has 3 atom stereocenters. The molecule has 2 aliphatic rings. The van der Waals surface area contributed by atoms with Crippen LogP contribution in [0.15, 0.2) is 35.3 Å². The molecule has 0 amide bonds. The van der Waals surface area contributed by atoms with Crippen LogP contribution in [-0.2, 0) is 9.47 Å². The lowest BCUT2D eigenvalue weighted by Gasteiger charge is -2.36. The Balaban J connectivity index is 1.60. The van der Waals surface area contributed by atoms with E-state index in [1.54, 1.807) is 0 Å². The number of guanidine groups is 1. The summed E-state index contributed by atoms with van der Waals surface area (Å²) in [6.45, 7) is 13.7. The highest BCUT2D eigenvalue weighted by atomic mass is 16.5. The molecule has 2 N–H and O–H groups in total. The summed E-state index contributed by atoms with van der Waals surface area (Å²) in [6.07, 6.45) is 2.46. The van der Waals surface area contributed by atoms with Gasteiger partial charge in [0.05, 0.1) is 25.9 Å². The number of hydrogen-bond acceptors (Lipinski definition) is 4. The Labute approximate surface area is 182 Å². The first-order valence-corrected chi connectivity index (χ1v) is 11.7. The van der Waals surface area contributed by atoms with Crippen molar-refractivity contribution in [1.82, 2.24) is 15.5 Å². The van der Waals surface area contributed by atoms with Crippen molar-refractivity contribution in [1.29, 1.82) is 0 Å². The van der Waals surface area contributed by atoms with Gasteiger partial charge in [-0.2, -0.15) is 0 Å². The number of rotatable bonds is 8. The molecule has 2 saturated heterocycles. The Morgan fingerprint density at radius 1 is 1.13 bits per heavy atom. The average Bonchev–Trinajstić information content (AvgIpc) is 2.79. The minimum Gasteiger partial charge on any atom is -0.379 e. The van der Waals surface area contributed by atoms with E-state index in [1.165, 1.54) is 12.0 Å². The van der Waals surface area contributed by atoms with Gasteiger partial charge < -0.3 is 20.1 Å². The molecule has 0 aliphatic carbocycles. The van der Waals surface area contributed by atoms with Gasteiger partial charge in [0.25, 0.3) is 0 Å². The monoisotopic (exact) mass is 416 g/mol. The van der Waals surface area contributed by atoms with Crippen LogP contribution in [0, 0.1) is 11.8 Å². The Kier molecular flexibility index (Phi) is 9.43. The van der Waals surface area contributed by atoms with Crippen LogP contribution < -0.4 is 10.6 Å². The van der Waals surface area contributed by atoms with Crippen molar-refractivity contribution in [3.05, 3.63) is 35.9 Å². The molecule has 168 valence electrons. The predicted molar refractivity (Wildman–Crippen MR) is 123 cm³/mol. The van der Waals surface area contributed by atoms with Crippen LogP contribution in [0.2, 0.25) is 0 Å². The number of hydrogen-bond donors (Lipinski definition) is 2. The lowest BCUT2D eigenvalue weighted by molar-refractivity contribution is -0.0265. The van der Waals surface area contributed by atoms with Gasteiger partial charge in [0.2, 0.25) is 0 Å². The van der Waals surface area contributed by atoms with Gasteiger partial charge in [0.15, 0.2) is 5.96 Å². The van der Waals surface area contributed by atoms with Gasteiger partial charge in [0, 0.05) is 44.7 Å². The summed E-state index contributed by atoms with van der Waals surface area (Å²) < 4.78 is 11.7. The summed E-state index contributed by atoms with van der Waals surface area (Å²) in [4.78, 5) is 7.49. The van der Waals surface area contributed by atoms with E-state index in [-0.39, 0.29) is 6.10 Å². The quantitative estimate of drug-likeness (QED) is 0.504. The van der Waals surface area contributed by atoms with Crippen molar-refractivity contribution in [3.63, 3.8) is 0 Å². The fraction of sp³-hybridized carbons (Fsp3) is 0.708. The first-order valence-electron chi connectivity index (χ1n) is 11.7. The summed E-state index contributed by atoms with van der Waals surface area (Å²) in [6, 6.07) is 11.1. The second kappa shape index (κ2) is 12.3. The summed E-state index contributed by atoms with van der Waals surface area (Å²) in [5.41, 5.74) is 1.28. The van der Waals surface area contributed by atoms with E-state index in [2.05, 4.69) is 66.6 Å². The normalized spacial score (nSPS) is 24.6. The third-order valence-corrected chi connectivity index (χ3v) is 6.17. The Hall–Kier alpha value is -1.63. The van der Waals surface area contributed by atoms with Gasteiger partial charge in [-0.05, 0) is 31.2 Å². The van der Waals surface area contributed by atoms with E-state index in [4.69, 9.17) is 14.5 Å². The number of nitrogens with zero attached hydrogens (tertiary/aromatic N) is 2. The molecule has 3 unspecified atom stereocenters. The summed E-state index contributed by atoms with van der Waals surface area (Å²) >= 11 is 0. The SMILES string of the molecule is CCNC(=NCC(C(C)C)N1CCOCC1)NCC1CCCOC1c1ccccc1. The average molecular weight is 417 g/mol. The predicted octanol–water partition coefficient (Wildman–Crippen LogP) is 3.07. The van der Waals surface area contributed by atoms with E-state index < -0.39 is 0 Å². The number of nitrogens with one attached hydrogen (secondary N) is 2. The molecule has 6 heteroatoms. The fourth-order valence-electron chi connectivity index (χ4n) is 4.47. The third kappa shape index (κ3) is 6.69. The zero-order valence-corrected chi connectivity index (χ0v) is 19.0. The van der Waals surface area contributed by atoms with E-state index in [9.17, 15) is 0 Å². The van der Waals surface area contributed by atoms with E-state index in [1.807, 2.05) is 0 Å². The zero-order valence-electron chi connectivity index (χ0n) is 19.0. The van der Waals surface area contributed by atoms with Crippen molar-refractivity contribution in [2.75, 3.05) is 52.5 Å². The minimum absolute atomic E-state index is 0.159. The molecule has 0 saturated carbocycles. The molecule has 2 fully saturated rings. The number of ether oxygens (including phenoxy) is 2. The van der Waals surface area contributed by atoms with Crippen LogP contribution in [0.1, 0.15) is 45.3 Å². The maximum absolute atomic E-state index is 6.16. The Morgan fingerprint density at radius 2 is 1.90 bits per heavy atom. The van der Waals surface area contributed by atoms with E-state index >= 15 is 0 Å². The van der Waals surface area contributed by atoms with E-state index in [0.29, 0.717) is 17.9 Å². The second-order valence-corrected chi connectivity index (χ2v) is 8.66. The highest BCUT2D eigenvalue weighted by Gasteiger charge is 2.28. The van der Waals surface area contributed by atoms with Crippen molar-refractivity contribution in [3.8, 4) is 0 Å². The molecule has 0 radical (unpaired) electrons. The molecule has 0 spiro atoms. The molecule has 30 heavy (non-hydrogen) atoms. The molecule has 1 aromatic carbocycles. The highest BCUT2D eigenvalue weighted by molar-refractivity contribution is 5.79. The van der Waals surface area contributed by atoms with Gasteiger partial charge in [0.1, 0.15) is 0 Å². The molecule has 3 rings (SSSR count). The molecular weight excluding hydrogens is 376 g/mol.